The Bertz CT molecular complexity index is 341. The van der Waals surface area contributed by atoms with Crippen molar-refractivity contribution in [1.82, 2.24) is 15.1 Å². The number of aromatic nitrogens is 2. The van der Waals surface area contributed by atoms with Gasteiger partial charge in [0.15, 0.2) is 0 Å². The highest BCUT2D eigenvalue weighted by molar-refractivity contribution is 5.94. The highest BCUT2D eigenvalue weighted by atomic mass is 16.2. The molecule has 0 spiro atoms. The summed E-state index contributed by atoms with van der Waals surface area (Å²) >= 11 is 0. The standard InChI is InChI=1S/C10H16N4O/c1-2-14-9(5-7-12-14)13-10(15)8-4-3-6-11-8/h5,7-8,11H,2-4,6H2,1H3,(H,13,15)/t8-/m0/s1. The lowest BCUT2D eigenvalue weighted by Gasteiger charge is -2.11. The van der Waals surface area contributed by atoms with Gasteiger partial charge in [0.1, 0.15) is 5.82 Å². The molecule has 1 aromatic rings. The van der Waals surface area contributed by atoms with E-state index in [1.54, 1.807) is 10.9 Å². The van der Waals surface area contributed by atoms with E-state index in [0.717, 1.165) is 31.7 Å². The molecule has 82 valence electrons. The fourth-order valence-electron chi connectivity index (χ4n) is 1.81. The van der Waals surface area contributed by atoms with Gasteiger partial charge in [-0.1, -0.05) is 0 Å². The van der Waals surface area contributed by atoms with Crippen molar-refractivity contribution in [2.24, 2.45) is 0 Å². The highest BCUT2D eigenvalue weighted by Gasteiger charge is 2.22. The Balaban J connectivity index is 1.98. The Labute approximate surface area is 88.8 Å². The van der Waals surface area contributed by atoms with E-state index in [1.807, 2.05) is 13.0 Å². The first-order valence-corrected chi connectivity index (χ1v) is 5.37. The molecule has 0 aromatic carbocycles. The molecule has 1 aliphatic heterocycles. The number of carbonyl (C=O) groups is 1. The Kier molecular flexibility index (Phi) is 3.01. The Morgan fingerprint density at radius 1 is 1.80 bits per heavy atom. The highest BCUT2D eigenvalue weighted by Crippen LogP contribution is 2.10. The lowest BCUT2D eigenvalue weighted by atomic mass is 10.2. The lowest BCUT2D eigenvalue weighted by Crippen LogP contribution is -2.36. The van der Waals surface area contributed by atoms with Crippen molar-refractivity contribution >= 4 is 11.7 Å². The Morgan fingerprint density at radius 2 is 2.67 bits per heavy atom. The van der Waals surface area contributed by atoms with E-state index in [9.17, 15) is 4.79 Å². The van der Waals surface area contributed by atoms with Crippen LogP contribution in [0.2, 0.25) is 0 Å². The second-order valence-electron chi connectivity index (χ2n) is 3.67. The van der Waals surface area contributed by atoms with E-state index in [4.69, 9.17) is 0 Å². The molecule has 1 amide bonds. The molecule has 1 saturated heterocycles. The zero-order valence-electron chi connectivity index (χ0n) is 8.86. The number of nitrogens with zero attached hydrogens (tertiary/aromatic N) is 2. The predicted molar refractivity (Wildman–Crippen MR) is 57.6 cm³/mol. The van der Waals surface area contributed by atoms with Crippen LogP contribution in [0.5, 0.6) is 0 Å². The molecule has 5 nitrogen and oxygen atoms in total. The van der Waals surface area contributed by atoms with Gasteiger partial charge < -0.3 is 10.6 Å². The number of hydrogen-bond donors (Lipinski definition) is 2. The lowest BCUT2D eigenvalue weighted by molar-refractivity contribution is -0.117. The summed E-state index contributed by atoms with van der Waals surface area (Å²) in [4.78, 5) is 11.8. The molecule has 2 rings (SSSR count). The molecule has 1 atom stereocenters. The smallest absolute Gasteiger partial charge is 0.242 e. The molecule has 1 fully saturated rings. The number of aryl methyl sites for hydroxylation is 1. The van der Waals surface area contributed by atoms with Gasteiger partial charge in [-0.05, 0) is 26.3 Å². The van der Waals surface area contributed by atoms with Crippen LogP contribution in [0.25, 0.3) is 0 Å². The fraction of sp³-hybridized carbons (Fsp3) is 0.600. The maximum atomic E-state index is 11.8. The molecule has 2 N–H and O–H groups in total. The molecular weight excluding hydrogens is 192 g/mol. The van der Waals surface area contributed by atoms with Crippen molar-refractivity contribution < 1.29 is 4.79 Å². The van der Waals surface area contributed by atoms with Crippen molar-refractivity contribution in [2.75, 3.05) is 11.9 Å². The molecule has 0 saturated carbocycles. The SMILES string of the molecule is CCn1nccc1NC(=O)[C@@H]1CCCN1. The van der Waals surface area contributed by atoms with E-state index < -0.39 is 0 Å². The van der Waals surface area contributed by atoms with E-state index in [1.165, 1.54) is 0 Å². The van der Waals surface area contributed by atoms with Crippen molar-refractivity contribution in [1.29, 1.82) is 0 Å². The van der Waals surface area contributed by atoms with E-state index in [2.05, 4.69) is 15.7 Å². The summed E-state index contributed by atoms with van der Waals surface area (Å²) in [5.41, 5.74) is 0. The number of amides is 1. The molecule has 1 aromatic heterocycles. The van der Waals surface area contributed by atoms with Crippen LogP contribution < -0.4 is 10.6 Å². The summed E-state index contributed by atoms with van der Waals surface area (Å²) in [6, 6.07) is 1.78. The number of anilines is 1. The molecule has 15 heavy (non-hydrogen) atoms. The average molecular weight is 208 g/mol. The first kappa shape index (κ1) is 10.2. The first-order valence-electron chi connectivity index (χ1n) is 5.37. The molecular formula is C10H16N4O. The van der Waals surface area contributed by atoms with Gasteiger partial charge in [0, 0.05) is 12.6 Å². The second-order valence-corrected chi connectivity index (χ2v) is 3.67. The monoisotopic (exact) mass is 208 g/mol. The normalized spacial score (nSPS) is 20.5. The van der Waals surface area contributed by atoms with Gasteiger partial charge in [-0.15, -0.1) is 0 Å². The molecule has 1 aliphatic rings. The maximum Gasteiger partial charge on any atom is 0.242 e. The number of carbonyl (C=O) groups excluding carboxylic acids is 1. The summed E-state index contributed by atoms with van der Waals surface area (Å²) in [5, 5.41) is 10.1. The topological polar surface area (TPSA) is 59.0 Å². The molecule has 5 heteroatoms. The minimum atomic E-state index is -0.0368. The maximum absolute atomic E-state index is 11.8. The third-order valence-corrected chi connectivity index (χ3v) is 2.64. The van der Waals surface area contributed by atoms with Gasteiger partial charge in [0.25, 0.3) is 0 Å². The molecule has 0 radical (unpaired) electrons. The van der Waals surface area contributed by atoms with Gasteiger partial charge in [-0.2, -0.15) is 5.10 Å². The van der Waals surface area contributed by atoms with Crippen LogP contribution in [0.1, 0.15) is 19.8 Å². The largest absolute Gasteiger partial charge is 0.310 e. The van der Waals surface area contributed by atoms with E-state index in [0.29, 0.717) is 0 Å². The van der Waals surface area contributed by atoms with Crippen LogP contribution in [0.15, 0.2) is 12.3 Å². The summed E-state index contributed by atoms with van der Waals surface area (Å²) in [7, 11) is 0. The van der Waals surface area contributed by atoms with Crippen molar-refractivity contribution in [3.05, 3.63) is 12.3 Å². The molecule has 0 aliphatic carbocycles. The summed E-state index contributed by atoms with van der Waals surface area (Å²) in [5.74, 6) is 0.818. The fourth-order valence-corrected chi connectivity index (χ4v) is 1.81. The van der Waals surface area contributed by atoms with Crippen LogP contribution in [-0.2, 0) is 11.3 Å². The molecule has 2 heterocycles. The summed E-state index contributed by atoms with van der Waals surface area (Å²) in [6.07, 6.45) is 3.69. The zero-order valence-corrected chi connectivity index (χ0v) is 8.86. The first-order chi connectivity index (χ1) is 7.31. The third kappa shape index (κ3) is 2.18. The Morgan fingerprint density at radius 3 is 3.33 bits per heavy atom. The quantitative estimate of drug-likeness (QED) is 0.764. The van der Waals surface area contributed by atoms with Gasteiger partial charge in [-0.3, -0.25) is 4.79 Å². The van der Waals surface area contributed by atoms with Crippen LogP contribution >= 0.6 is 0 Å². The van der Waals surface area contributed by atoms with Crippen LogP contribution in [-0.4, -0.2) is 28.3 Å². The Hall–Kier alpha value is -1.36. The summed E-state index contributed by atoms with van der Waals surface area (Å²) in [6.45, 7) is 3.70. The third-order valence-electron chi connectivity index (χ3n) is 2.64. The second kappa shape index (κ2) is 4.44. The summed E-state index contributed by atoms with van der Waals surface area (Å²) < 4.78 is 1.77. The predicted octanol–water partition coefficient (Wildman–Crippen LogP) is 0.593. The van der Waals surface area contributed by atoms with Gasteiger partial charge in [-0.25, -0.2) is 4.68 Å². The molecule has 0 bridgehead atoms. The van der Waals surface area contributed by atoms with E-state index >= 15 is 0 Å². The van der Waals surface area contributed by atoms with Gasteiger partial charge in [0.05, 0.1) is 12.2 Å². The van der Waals surface area contributed by atoms with Crippen molar-refractivity contribution in [3.8, 4) is 0 Å². The minimum Gasteiger partial charge on any atom is -0.310 e. The van der Waals surface area contributed by atoms with Crippen LogP contribution in [0, 0.1) is 0 Å². The zero-order chi connectivity index (χ0) is 10.7. The van der Waals surface area contributed by atoms with Crippen molar-refractivity contribution in [2.45, 2.75) is 32.4 Å². The number of hydrogen-bond acceptors (Lipinski definition) is 3. The number of nitrogens with one attached hydrogen (secondary N) is 2. The van der Waals surface area contributed by atoms with Gasteiger partial charge >= 0.3 is 0 Å². The van der Waals surface area contributed by atoms with E-state index in [-0.39, 0.29) is 11.9 Å². The van der Waals surface area contributed by atoms with Crippen molar-refractivity contribution in [3.63, 3.8) is 0 Å². The van der Waals surface area contributed by atoms with Crippen LogP contribution in [0.3, 0.4) is 0 Å². The van der Waals surface area contributed by atoms with Crippen LogP contribution in [0.4, 0.5) is 5.82 Å². The average Bonchev–Trinajstić information content (AvgIpc) is 2.87. The van der Waals surface area contributed by atoms with Gasteiger partial charge in [0.2, 0.25) is 5.91 Å². The minimum absolute atomic E-state index is 0.0368. The molecule has 0 unspecified atom stereocenters. The number of rotatable bonds is 3.